The van der Waals surface area contributed by atoms with Crippen LogP contribution in [0.3, 0.4) is 0 Å². The Labute approximate surface area is 92.5 Å². The summed E-state index contributed by atoms with van der Waals surface area (Å²) in [5.74, 6) is 0.0314. The highest BCUT2D eigenvalue weighted by atomic mass is 16.4. The minimum atomic E-state index is -1.04. The fourth-order valence-corrected chi connectivity index (χ4v) is 1.72. The van der Waals surface area contributed by atoms with Crippen molar-refractivity contribution >= 4 is 17.7 Å². The minimum absolute atomic E-state index is 0.0314. The topological polar surface area (TPSA) is 78.4 Å². The summed E-state index contributed by atoms with van der Waals surface area (Å²) in [4.78, 5) is 21.5. The largest absolute Gasteiger partial charge is 0.465 e. The molecular weight excluding hydrogens is 208 g/mol. The van der Waals surface area contributed by atoms with Crippen molar-refractivity contribution in [1.29, 1.82) is 0 Å². The quantitative estimate of drug-likeness (QED) is 0.703. The summed E-state index contributed by atoms with van der Waals surface area (Å²) < 4.78 is 0. The molecule has 16 heavy (non-hydrogen) atoms. The SMILES string of the molecule is O=C(O)NCc1ccc2c(c1)CCC(=O)N2. The smallest absolute Gasteiger partial charge is 0.404 e. The lowest BCUT2D eigenvalue weighted by Crippen LogP contribution is -2.21. The molecule has 84 valence electrons. The third-order valence-corrected chi connectivity index (χ3v) is 2.51. The molecule has 1 aromatic carbocycles. The molecule has 0 fully saturated rings. The second kappa shape index (κ2) is 4.22. The summed E-state index contributed by atoms with van der Waals surface area (Å²) in [5.41, 5.74) is 2.79. The van der Waals surface area contributed by atoms with Crippen molar-refractivity contribution in [3.05, 3.63) is 29.3 Å². The lowest BCUT2D eigenvalue weighted by molar-refractivity contribution is -0.116. The molecule has 0 bridgehead atoms. The number of rotatable bonds is 2. The lowest BCUT2D eigenvalue weighted by atomic mass is 10.0. The number of hydrogen-bond acceptors (Lipinski definition) is 2. The minimum Gasteiger partial charge on any atom is -0.465 e. The van der Waals surface area contributed by atoms with Crippen LogP contribution in [0.1, 0.15) is 17.5 Å². The van der Waals surface area contributed by atoms with E-state index in [-0.39, 0.29) is 12.5 Å². The Bertz CT molecular complexity index is 443. The first-order valence-corrected chi connectivity index (χ1v) is 5.03. The van der Waals surface area contributed by atoms with E-state index < -0.39 is 6.09 Å². The zero-order valence-electron chi connectivity index (χ0n) is 8.62. The van der Waals surface area contributed by atoms with Gasteiger partial charge in [-0.15, -0.1) is 0 Å². The third kappa shape index (κ3) is 2.31. The van der Waals surface area contributed by atoms with Crippen LogP contribution in [0.15, 0.2) is 18.2 Å². The second-order valence-electron chi connectivity index (χ2n) is 3.70. The van der Waals surface area contributed by atoms with E-state index in [0.29, 0.717) is 12.8 Å². The van der Waals surface area contributed by atoms with Gasteiger partial charge in [-0.2, -0.15) is 0 Å². The van der Waals surface area contributed by atoms with Gasteiger partial charge in [0.1, 0.15) is 0 Å². The molecule has 3 N–H and O–H groups in total. The number of benzene rings is 1. The summed E-state index contributed by atoms with van der Waals surface area (Å²) in [7, 11) is 0. The highest BCUT2D eigenvalue weighted by Gasteiger charge is 2.14. The predicted molar refractivity (Wildman–Crippen MR) is 58.3 cm³/mol. The molecular formula is C11H12N2O3. The molecule has 0 unspecified atom stereocenters. The maximum absolute atomic E-state index is 11.1. The number of amides is 2. The highest BCUT2D eigenvalue weighted by molar-refractivity contribution is 5.93. The van der Waals surface area contributed by atoms with Gasteiger partial charge in [-0.1, -0.05) is 12.1 Å². The van der Waals surface area contributed by atoms with Gasteiger partial charge < -0.3 is 15.7 Å². The second-order valence-corrected chi connectivity index (χ2v) is 3.70. The molecule has 1 aliphatic rings. The number of anilines is 1. The van der Waals surface area contributed by atoms with Crippen LogP contribution in [-0.4, -0.2) is 17.1 Å². The normalized spacial score (nSPS) is 13.9. The van der Waals surface area contributed by atoms with E-state index in [1.807, 2.05) is 12.1 Å². The maximum atomic E-state index is 11.1. The van der Waals surface area contributed by atoms with Crippen LogP contribution in [0, 0.1) is 0 Å². The van der Waals surface area contributed by atoms with Gasteiger partial charge in [0, 0.05) is 18.7 Å². The van der Waals surface area contributed by atoms with Crippen molar-refractivity contribution in [3.8, 4) is 0 Å². The van der Waals surface area contributed by atoms with E-state index in [1.54, 1.807) is 6.07 Å². The van der Waals surface area contributed by atoms with E-state index in [1.165, 1.54) is 0 Å². The number of hydrogen-bond donors (Lipinski definition) is 3. The Morgan fingerprint density at radius 3 is 3.00 bits per heavy atom. The van der Waals surface area contributed by atoms with Crippen molar-refractivity contribution in [3.63, 3.8) is 0 Å². The number of fused-ring (bicyclic) bond motifs is 1. The number of aryl methyl sites for hydroxylation is 1. The maximum Gasteiger partial charge on any atom is 0.404 e. The zero-order valence-corrected chi connectivity index (χ0v) is 8.62. The third-order valence-electron chi connectivity index (χ3n) is 2.51. The van der Waals surface area contributed by atoms with Gasteiger partial charge in [-0.25, -0.2) is 4.79 Å². The monoisotopic (exact) mass is 220 g/mol. The standard InChI is InChI=1S/C11H12N2O3/c14-10-4-2-8-5-7(6-12-11(15)16)1-3-9(8)13-10/h1,3,5,12H,2,4,6H2,(H,13,14)(H,15,16). The first kappa shape index (κ1) is 10.5. The molecule has 2 rings (SSSR count). The molecule has 0 saturated heterocycles. The molecule has 0 atom stereocenters. The van der Waals surface area contributed by atoms with Crippen LogP contribution in [-0.2, 0) is 17.8 Å². The number of nitrogens with one attached hydrogen (secondary N) is 2. The number of carbonyl (C=O) groups excluding carboxylic acids is 1. The van der Waals surface area contributed by atoms with Crippen LogP contribution >= 0.6 is 0 Å². The van der Waals surface area contributed by atoms with Crippen molar-refractivity contribution in [2.75, 3.05) is 5.32 Å². The Balaban J connectivity index is 2.13. The van der Waals surface area contributed by atoms with E-state index in [2.05, 4.69) is 10.6 Å². The van der Waals surface area contributed by atoms with E-state index in [0.717, 1.165) is 16.8 Å². The highest BCUT2D eigenvalue weighted by Crippen LogP contribution is 2.23. The molecule has 2 amide bonds. The molecule has 1 aliphatic heterocycles. The molecule has 0 aliphatic carbocycles. The van der Waals surface area contributed by atoms with Crippen LogP contribution in [0.4, 0.5) is 10.5 Å². The van der Waals surface area contributed by atoms with E-state index in [9.17, 15) is 9.59 Å². The molecule has 0 spiro atoms. The van der Waals surface area contributed by atoms with Gasteiger partial charge in [0.2, 0.25) is 5.91 Å². The summed E-state index contributed by atoms with van der Waals surface area (Å²) in [6.45, 7) is 0.288. The Hall–Kier alpha value is -2.04. The average molecular weight is 220 g/mol. The molecule has 5 nitrogen and oxygen atoms in total. The van der Waals surface area contributed by atoms with Gasteiger partial charge in [-0.05, 0) is 23.6 Å². The van der Waals surface area contributed by atoms with Crippen LogP contribution in [0.2, 0.25) is 0 Å². The van der Waals surface area contributed by atoms with Gasteiger partial charge in [-0.3, -0.25) is 4.79 Å². The molecule has 0 radical (unpaired) electrons. The van der Waals surface area contributed by atoms with Crippen LogP contribution < -0.4 is 10.6 Å². The molecule has 1 aromatic rings. The zero-order chi connectivity index (χ0) is 11.5. The Kier molecular flexibility index (Phi) is 2.76. The van der Waals surface area contributed by atoms with Crippen molar-refractivity contribution in [1.82, 2.24) is 5.32 Å². The average Bonchev–Trinajstić information content (AvgIpc) is 2.26. The van der Waals surface area contributed by atoms with E-state index in [4.69, 9.17) is 5.11 Å². The number of carbonyl (C=O) groups is 2. The first-order valence-electron chi connectivity index (χ1n) is 5.03. The van der Waals surface area contributed by atoms with Crippen LogP contribution in [0.25, 0.3) is 0 Å². The van der Waals surface area contributed by atoms with Gasteiger partial charge >= 0.3 is 6.09 Å². The van der Waals surface area contributed by atoms with Gasteiger partial charge in [0.15, 0.2) is 0 Å². The Morgan fingerprint density at radius 1 is 1.44 bits per heavy atom. The number of carboxylic acid groups (broad SMARTS) is 1. The van der Waals surface area contributed by atoms with Crippen molar-refractivity contribution < 1.29 is 14.7 Å². The fourth-order valence-electron chi connectivity index (χ4n) is 1.72. The molecule has 0 saturated carbocycles. The summed E-state index contributed by atoms with van der Waals surface area (Å²) in [6, 6.07) is 5.54. The first-order chi connectivity index (χ1) is 7.65. The molecule has 0 aromatic heterocycles. The van der Waals surface area contributed by atoms with Gasteiger partial charge in [0.25, 0.3) is 0 Å². The van der Waals surface area contributed by atoms with Gasteiger partial charge in [0.05, 0.1) is 0 Å². The molecule has 5 heteroatoms. The van der Waals surface area contributed by atoms with Crippen LogP contribution in [0.5, 0.6) is 0 Å². The fraction of sp³-hybridized carbons (Fsp3) is 0.273. The molecule has 1 heterocycles. The summed E-state index contributed by atoms with van der Waals surface area (Å²) in [6.07, 6.45) is 0.163. The summed E-state index contributed by atoms with van der Waals surface area (Å²) in [5, 5.41) is 13.6. The van der Waals surface area contributed by atoms with E-state index >= 15 is 0 Å². The van der Waals surface area contributed by atoms with Crippen molar-refractivity contribution in [2.45, 2.75) is 19.4 Å². The van der Waals surface area contributed by atoms with Crippen molar-refractivity contribution in [2.24, 2.45) is 0 Å². The summed E-state index contributed by atoms with van der Waals surface area (Å²) >= 11 is 0. The predicted octanol–water partition coefficient (Wildman–Crippen LogP) is 1.34. The Morgan fingerprint density at radius 2 is 2.25 bits per heavy atom. The lowest BCUT2D eigenvalue weighted by Gasteiger charge is -2.17.